The van der Waals surface area contributed by atoms with E-state index in [1.54, 1.807) is 0 Å². The van der Waals surface area contributed by atoms with E-state index in [0.29, 0.717) is 18.8 Å². The maximum absolute atomic E-state index is 12.8. The molecule has 0 spiro atoms. The van der Waals surface area contributed by atoms with Gasteiger partial charge in [0.05, 0.1) is 23.2 Å². The number of ether oxygens (including phenoxy) is 2. The van der Waals surface area contributed by atoms with Crippen LogP contribution in [0.5, 0.6) is 0 Å². The Bertz CT molecular complexity index is 696. The SMILES string of the molecule is O=C(O)CCCC=CC[C@H]1[C@@H](CCS(=O)(=O)C2CCCCC2)[C@@H]2O[C@H]1[C@@H]1O[C@@H]12. The maximum atomic E-state index is 12.8. The van der Waals surface area contributed by atoms with Gasteiger partial charge in [0.2, 0.25) is 0 Å². The zero-order valence-electron chi connectivity index (χ0n) is 16.4. The summed E-state index contributed by atoms with van der Waals surface area (Å²) in [5.41, 5.74) is 0. The molecule has 0 unspecified atom stereocenters. The second-order valence-corrected chi connectivity index (χ2v) is 11.3. The Labute approximate surface area is 167 Å². The third-order valence-electron chi connectivity index (χ3n) is 7.05. The van der Waals surface area contributed by atoms with Crippen molar-refractivity contribution in [2.24, 2.45) is 11.8 Å². The molecule has 1 saturated carbocycles. The standard InChI is InChI=1S/C21H32O6S/c22-17(23)11-7-2-1-6-10-15-16(19-21-20(27-21)18(15)26-19)12-13-28(24,25)14-8-4-3-5-9-14/h1,6,14-16,18-21H,2-5,7-13H2,(H,22,23)/t15-,16+,18+,19-,20-,21+/m0/s1. The van der Waals surface area contributed by atoms with Gasteiger partial charge in [-0.1, -0.05) is 31.4 Å². The Morgan fingerprint density at radius 3 is 2.36 bits per heavy atom. The van der Waals surface area contributed by atoms with Crippen molar-refractivity contribution in [1.82, 2.24) is 0 Å². The molecule has 3 heterocycles. The van der Waals surface area contributed by atoms with E-state index in [1.807, 2.05) is 0 Å². The van der Waals surface area contributed by atoms with Crippen molar-refractivity contribution in [2.45, 2.75) is 93.9 Å². The number of epoxide rings is 1. The first-order valence-corrected chi connectivity index (χ1v) is 12.6. The zero-order valence-corrected chi connectivity index (χ0v) is 17.2. The summed E-state index contributed by atoms with van der Waals surface area (Å²) < 4.78 is 37.5. The van der Waals surface area contributed by atoms with Gasteiger partial charge in [0.25, 0.3) is 0 Å². The highest BCUT2D eigenvalue weighted by molar-refractivity contribution is 7.92. The molecule has 0 aromatic heterocycles. The lowest BCUT2D eigenvalue weighted by atomic mass is 9.76. The number of rotatable bonds is 10. The minimum Gasteiger partial charge on any atom is -0.481 e. The molecule has 1 aliphatic carbocycles. The van der Waals surface area contributed by atoms with Gasteiger partial charge in [-0.05, 0) is 50.4 Å². The summed E-state index contributed by atoms with van der Waals surface area (Å²) in [6.07, 6.45) is 12.7. The van der Waals surface area contributed by atoms with Crippen molar-refractivity contribution in [3.05, 3.63) is 12.2 Å². The molecule has 0 amide bonds. The van der Waals surface area contributed by atoms with Gasteiger partial charge in [0.1, 0.15) is 12.2 Å². The number of hydrogen-bond donors (Lipinski definition) is 1. The fourth-order valence-electron chi connectivity index (χ4n) is 5.50. The molecule has 1 N–H and O–H groups in total. The number of carboxylic acids is 1. The molecular weight excluding hydrogens is 380 g/mol. The van der Waals surface area contributed by atoms with Crippen molar-refractivity contribution < 1.29 is 27.8 Å². The highest BCUT2D eigenvalue weighted by Gasteiger charge is 2.68. The number of fused-ring (bicyclic) bond motifs is 5. The van der Waals surface area contributed by atoms with Crippen molar-refractivity contribution in [2.75, 3.05) is 5.75 Å². The topological polar surface area (TPSA) is 93.2 Å². The fourth-order valence-corrected chi connectivity index (χ4v) is 7.48. The molecule has 0 aromatic rings. The van der Waals surface area contributed by atoms with E-state index < -0.39 is 15.8 Å². The number of carbonyl (C=O) groups is 1. The smallest absolute Gasteiger partial charge is 0.303 e. The largest absolute Gasteiger partial charge is 0.481 e. The average molecular weight is 413 g/mol. The normalized spacial score (nSPS) is 37.4. The predicted octanol–water partition coefficient (Wildman–Crippen LogP) is 3.11. The minimum atomic E-state index is -3.03. The van der Waals surface area contributed by atoms with Gasteiger partial charge >= 0.3 is 5.97 Å². The number of sulfone groups is 1. The number of hydrogen-bond acceptors (Lipinski definition) is 5. The summed E-state index contributed by atoms with van der Waals surface area (Å²) >= 11 is 0. The van der Waals surface area contributed by atoms with Gasteiger partial charge in [-0.2, -0.15) is 0 Å². The number of allylic oxidation sites excluding steroid dienone is 2. The lowest BCUT2D eigenvalue weighted by Crippen LogP contribution is -2.35. The number of unbranched alkanes of at least 4 members (excludes halogenated alkanes) is 1. The van der Waals surface area contributed by atoms with Crippen LogP contribution in [-0.4, -0.2) is 54.9 Å². The predicted molar refractivity (Wildman–Crippen MR) is 105 cm³/mol. The molecular formula is C21H32O6S. The quantitative estimate of drug-likeness (QED) is 0.337. The van der Waals surface area contributed by atoms with Gasteiger partial charge < -0.3 is 14.6 Å². The zero-order chi connectivity index (χ0) is 19.7. The van der Waals surface area contributed by atoms with Crippen LogP contribution in [0.15, 0.2) is 12.2 Å². The van der Waals surface area contributed by atoms with Crippen molar-refractivity contribution in [3.63, 3.8) is 0 Å². The van der Waals surface area contributed by atoms with Crippen LogP contribution in [0, 0.1) is 11.8 Å². The van der Waals surface area contributed by atoms with Crippen LogP contribution in [0.3, 0.4) is 0 Å². The van der Waals surface area contributed by atoms with Crippen LogP contribution in [0.25, 0.3) is 0 Å². The third-order valence-corrected chi connectivity index (χ3v) is 9.34. The molecule has 4 rings (SSSR count). The maximum Gasteiger partial charge on any atom is 0.303 e. The molecule has 4 fully saturated rings. The molecule has 4 aliphatic rings. The average Bonchev–Trinajstić information content (AvgIpc) is 3.30. The lowest BCUT2D eigenvalue weighted by Gasteiger charge is -2.27. The molecule has 2 bridgehead atoms. The van der Waals surface area contributed by atoms with Gasteiger partial charge in [-0.25, -0.2) is 8.42 Å². The van der Waals surface area contributed by atoms with E-state index >= 15 is 0 Å². The van der Waals surface area contributed by atoms with E-state index in [4.69, 9.17) is 14.6 Å². The van der Waals surface area contributed by atoms with E-state index in [1.165, 1.54) is 0 Å². The van der Waals surface area contributed by atoms with Crippen molar-refractivity contribution in [1.29, 1.82) is 0 Å². The molecule has 3 aliphatic heterocycles. The Kier molecular flexibility index (Phi) is 6.14. The van der Waals surface area contributed by atoms with E-state index in [2.05, 4.69) is 12.2 Å². The first kappa shape index (κ1) is 20.4. The summed E-state index contributed by atoms with van der Waals surface area (Å²) in [5.74, 6) is 0.0679. The van der Waals surface area contributed by atoms with Gasteiger partial charge in [0.15, 0.2) is 9.84 Å². The Hall–Kier alpha value is -0.920. The highest BCUT2D eigenvalue weighted by Crippen LogP contribution is 2.56. The second kappa shape index (κ2) is 8.44. The molecule has 158 valence electrons. The van der Waals surface area contributed by atoms with Gasteiger partial charge in [-0.15, -0.1) is 0 Å². The monoisotopic (exact) mass is 412 g/mol. The molecule has 7 heteroatoms. The van der Waals surface area contributed by atoms with Gasteiger partial charge in [-0.3, -0.25) is 4.79 Å². The summed E-state index contributed by atoms with van der Waals surface area (Å²) in [6.45, 7) is 0. The van der Waals surface area contributed by atoms with E-state index in [9.17, 15) is 13.2 Å². The summed E-state index contributed by atoms with van der Waals surface area (Å²) in [6, 6.07) is 0. The third kappa shape index (κ3) is 4.31. The van der Waals surface area contributed by atoms with Crippen LogP contribution < -0.4 is 0 Å². The van der Waals surface area contributed by atoms with Crippen molar-refractivity contribution >= 4 is 15.8 Å². The summed E-state index contributed by atoms with van der Waals surface area (Å²) in [5, 5.41) is 8.56. The lowest BCUT2D eigenvalue weighted by molar-refractivity contribution is -0.137. The second-order valence-electron chi connectivity index (χ2n) is 8.87. The van der Waals surface area contributed by atoms with E-state index in [0.717, 1.165) is 44.9 Å². The first-order valence-electron chi connectivity index (χ1n) is 10.9. The van der Waals surface area contributed by atoms with Crippen LogP contribution in [0.2, 0.25) is 0 Å². The molecule has 3 saturated heterocycles. The summed E-state index contributed by atoms with van der Waals surface area (Å²) in [4.78, 5) is 10.6. The van der Waals surface area contributed by atoms with E-state index in [-0.39, 0.29) is 47.8 Å². The Balaban J connectivity index is 1.31. The molecule has 28 heavy (non-hydrogen) atoms. The number of carboxylic acid groups (broad SMARTS) is 1. The highest BCUT2D eigenvalue weighted by atomic mass is 32.2. The Morgan fingerprint density at radius 1 is 0.964 bits per heavy atom. The Morgan fingerprint density at radius 2 is 1.64 bits per heavy atom. The van der Waals surface area contributed by atoms with Crippen LogP contribution in [0.1, 0.15) is 64.2 Å². The van der Waals surface area contributed by atoms with Crippen LogP contribution in [-0.2, 0) is 24.1 Å². The molecule has 6 atom stereocenters. The summed E-state index contributed by atoms with van der Waals surface area (Å²) in [7, 11) is -3.03. The minimum absolute atomic E-state index is 0.0574. The molecule has 0 aromatic carbocycles. The molecule has 0 radical (unpaired) electrons. The first-order chi connectivity index (χ1) is 13.5. The number of aliphatic carboxylic acids is 1. The van der Waals surface area contributed by atoms with Crippen molar-refractivity contribution in [3.8, 4) is 0 Å². The van der Waals surface area contributed by atoms with Crippen LogP contribution in [0.4, 0.5) is 0 Å². The molecule has 6 nitrogen and oxygen atoms in total. The van der Waals surface area contributed by atoms with Crippen LogP contribution >= 0.6 is 0 Å². The van der Waals surface area contributed by atoms with Gasteiger partial charge in [0, 0.05) is 6.42 Å². The fraction of sp³-hybridized carbons (Fsp3) is 0.857.